The maximum absolute atomic E-state index is 6.10. The molecule has 0 radical (unpaired) electrons. The molecule has 0 aromatic heterocycles. The number of thiocarbonyl (C=S) groups is 1. The summed E-state index contributed by atoms with van der Waals surface area (Å²) >= 11 is 17.0. The molecular weight excluding hydrogens is 301 g/mol. The van der Waals surface area contributed by atoms with Crippen molar-refractivity contribution in [2.75, 3.05) is 0 Å². The predicted molar refractivity (Wildman–Crippen MR) is 83.1 cm³/mol. The van der Waals surface area contributed by atoms with Gasteiger partial charge in [-0.2, -0.15) is 0 Å². The largest absolute Gasteiger partial charge is 0.488 e. The van der Waals surface area contributed by atoms with Gasteiger partial charge in [0.25, 0.3) is 0 Å². The number of para-hydroxylation sites is 1. The molecule has 2 aromatic carbocycles. The van der Waals surface area contributed by atoms with Crippen LogP contribution in [0.4, 0.5) is 0 Å². The molecular formula is C14H11Cl2NOS. The second kappa shape index (κ2) is 6.24. The second-order valence-electron chi connectivity index (χ2n) is 3.86. The highest BCUT2D eigenvalue weighted by Gasteiger charge is 2.08. The van der Waals surface area contributed by atoms with E-state index in [4.69, 9.17) is 45.9 Å². The van der Waals surface area contributed by atoms with Crippen molar-refractivity contribution in [1.29, 1.82) is 0 Å². The third-order valence-electron chi connectivity index (χ3n) is 2.57. The summed E-state index contributed by atoms with van der Waals surface area (Å²) in [7, 11) is 0. The number of hydrogen-bond donors (Lipinski definition) is 1. The Labute approximate surface area is 127 Å². The first kappa shape index (κ1) is 14.1. The first-order chi connectivity index (χ1) is 9.09. The van der Waals surface area contributed by atoms with Crippen molar-refractivity contribution in [2.45, 2.75) is 6.61 Å². The fourth-order valence-corrected chi connectivity index (χ4v) is 2.15. The van der Waals surface area contributed by atoms with Crippen LogP contribution in [0.2, 0.25) is 10.0 Å². The van der Waals surface area contributed by atoms with Crippen LogP contribution >= 0.6 is 35.4 Å². The lowest BCUT2D eigenvalue weighted by atomic mass is 10.2. The molecule has 2 rings (SSSR count). The van der Waals surface area contributed by atoms with Crippen LogP contribution in [-0.4, -0.2) is 4.99 Å². The minimum absolute atomic E-state index is 0.299. The molecule has 2 nitrogen and oxygen atoms in total. The van der Waals surface area contributed by atoms with Crippen molar-refractivity contribution in [3.05, 3.63) is 63.6 Å². The topological polar surface area (TPSA) is 35.2 Å². The summed E-state index contributed by atoms with van der Waals surface area (Å²) in [5.41, 5.74) is 7.16. The molecule has 2 aromatic rings. The number of rotatable bonds is 4. The van der Waals surface area contributed by atoms with Crippen molar-refractivity contribution in [2.24, 2.45) is 5.73 Å². The highest BCUT2D eigenvalue weighted by molar-refractivity contribution is 7.80. The standard InChI is InChI=1S/C14H11Cl2NOS/c15-11-6-3-4-9(13(11)16)8-18-12-7-2-1-5-10(12)14(17)19/h1-7H,8H2,(H2,17,19). The van der Waals surface area contributed by atoms with Gasteiger partial charge in [-0.15, -0.1) is 0 Å². The molecule has 0 unspecified atom stereocenters. The molecule has 0 bridgehead atoms. The van der Waals surface area contributed by atoms with Gasteiger partial charge in [0.15, 0.2) is 0 Å². The maximum atomic E-state index is 6.10. The third-order valence-corrected chi connectivity index (χ3v) is 3.65. The lowest BCUT2D eigenvalue weighted by Gasteiger charge is -2.11. The van der Waals surface area contributed by atoms with Gasteiger partial charge in [0.2, 0.25) is 0 Å². The average molecular weight is 312 g/mol. The molecule has 0 amide bonds. The minimum Gasteiger partial charge on any atom is -0.488 e. The van der Waals surface area contributed by atoms with Gasteiger partial charge in [-0.1, -0.05) is 59.7 Å². The Morgan fingerprint density at radius 3 is 2.58 bits per heavy atom. The highest BCUT2D eigenvalue weighted by atomic mass is 35.5. The van der Waals surface area contributed by atoms with E-state index in [9.17, 15) is 0 Å². The molecule has 0 fully saturated rings. The summed E-state index contributed by atoms with van der Waals surface area (Å²) in [6, 6.07) is 12.8. The molecule has 0 heterocycles. The minimum atomic E-state index is 0.299. The highest BCUT2D eigenvalue weighted by Crippen LogP contribution is 2.27. The van der Waals surface area contributed by atoms with Crippen LogP contribution < -0.4 is 10.5 Å². The van der Waals surface area contributed by atoms with E-state index < -0.39 is 0 Å². The van der Waals surface area contributed by atoms with E-state index in [1.54, 1.807) is 6.07 Å². The van der Waals surface area contributed by atoms with Gasteiger partial charge in [-0.05, 0) is 18.2 Å². The van der Waals surface area contributed by atoms with E-state index in [1.807, 2.05) is 36.4 Å². The zero-order valence-electron chi connectivity index (χ0n) is 9.90. The van der Waals surface area contributed by atoms with Crippen molar-refractivity contribution in [3.63, 3.8) is 0 Å². The predicted octanol–water partition coefficient (Wildman–Crippen LogP) is 4.21. The van der Waals surface area contributed by atoms with Crippen LogP contribution in [0, 0.1) is 0 Å². The monoisotopic (exact) mass is 311 g/mol. The Morgan fingerprint density at radius 1 is 1.11 bits per heavy atom. The van der Waals surface area contributed by atoms with Gasteiger partial charge >= 0.3 is 0 Å². The number of nitrogens with two attached hydrogens (primary N) is 1. The second-order valence-corrected chi connectivity index (χ2v) is 5.09. The Morgan fingerprint density at radius 2 is 1.84 bits per heavy atom. The molecule has 0 spiro atoms. The summed E-state index contributed by atoms with van der Waals surface area (Å²) < 4.78 is 5.71. The van der Waals surface area contributed by atoms with Gasteiger partial charge < -0.3 is 10.5 Å². The maximum Gasteiger partial charge on any atom is 0.129 e. The van der Waals surface area contributed by atoms with Gasteiger partial charge in [-0.3, -0.25) is 0 Å². The van der Waals surface area contributed by atoms with E-state index in [-0.39, 0.29) is 0 Å². The molecule has 5 heteroatoms. The molecule has 0 aliphatic rings. The van der Waals surface area contributed by atoms with Crippen LogP contribution in [-0.2, 0) is 6.61 Å². The van der Waals surface area contributed by atoms with Crippen LogP contribution in [0.3, 0.4) is 0 Å². The fourth-order valence-electron chi connectivity index (χ4n) is 1.61. The van der Waals surface area contributed by atoms with E-state index in [0.717, 1.165) is 5.56 Å². The lowest BCUT2D eigenvalue weighted by Crippen LogP contribution is -2.11. The third kappa shape index (κ3) is 3.38. The SMILES string of the molecule is NC(=S)c1ccccc1OCc1cccc(Cl)c1Cl. The molecule has 0 aliphatic heterocycles. The van der Waals surface area contributed by atoms with Crippen LogP contribution in [0.1, 0.15) is 11.1 Å². The van der Waals surface area contributed by atoms with Gasteiger partial charge in [0.05, 0.1) is 15.6 Å². The quantitative estimate of drug-likeness (QED) is 0.859. The molecule has 0 atom stereocenters. The van der Waals surface area contributed by atoms with E-state index in [0.29, 0.717) is 33.0 Å². The Bertz CT molecular complexity index is 616. The number of ether oxygens (including phenoxy) is 1. The summed E-state index contributed by atoms with van der Waals surface area (Å²) in [6.07, 6.45) is 0. The number of hydrogen-bond acceptors (Lipinski definition) is 2. The van der Waals surface area contributed by atoms with Crippen LogP contribution in [0.15, 0.2) is 42.5 Å². The Balaban J connectivity index is 2.19. The zero-order chi connectivity index (χ0) is 13.8. The molecule has 0 saturated heterocycles. The average Bonchev–Trinajstić information content (AvgIpc) is 2.40. The van der Waals surface area contributed by atoms with Crippen molar-refractivity contribution in [1.82, 2.24) is 0 Å². The Kier molecular flexibility index (Phi) is 4.64. The van der Waals surface area contributed by atoms with Crippen molar-refractivity contribution < 1.29 is 4.74 Å². The molecule has 0 aliphatic carbocycles. The first-order valence-electron chi connectivity index (χ1n) is 5.54. The molecule has 98 valence electrons. The number of benzene rings is 2. The summed E-state index contributed by atoms with van der Waals surface area (Å²) in [4.78, 5) is 0.299. The molecule has 19 heavy (non-hydrogen) atoms. The molecule has 2 N–H and O–H groups in total. The van der Waals surface area contributed by atoms with Crippen molar-refractivity contribution >= 4 is 40.4 Å². The summed E-state index contributed by atoms with van der Waals surface area (Å²) in [5, 5.41) is 1.00. The summed E-state index contributed by atoms with van der Waals surface area (Å²) in [6.45, 7) is 0.305. The van der Waals surface area contributed by atoms with Crippen molar-refractivity contribution in [3.8, 4) is 5.75 Å². The van der Waals surface area contributed by atoms with Crippen LogP contribution in [0.25, 0.3) is 0 Å². The zero-order valence-corrected chi connectivity index (χ0v) is 12.2. The summed E-state index contributed by atoms with van der Waals surface area (Å²) in [5.74, 6) is 0.631. The van der Waals surface area contributed by atoms with Gasteiger partial charge in [0, 0.05) is 5.56 Å². The van der Waals surface area contributed by atoms with E-state index in [2.05, 4.69) is 0 Å². The smallest absolute Gasteiger partial charge is 0.129 e. The first-order valence-corrected chi connectivity index (χ1v) is 6.70. The lowest BCUT2D eigenvalue weighted by molar-refractivity contribution is 0.306. The Hall–Kier alpha value is -1.29. The molecule has 0 saturated carbocycles. The van der Waals surface area contributed by atoms with Gasteiger partial charge in [-0.25, -0.2) is 0 Å². The normalized spacial score (nSPS) is 10.2. The van der Waals surface area contributed by atoms with Crippen LogP contribution in [0.5, 0.6) is 5.75 Å². The van der Waals surface area contributed by atoms with Gasteiger partial charge in [0.1, 0.15) is 17.3 Å². The number of halogens is 2. The van der Waals surface area contributed by atoms with E-state index >= 15 is 0 Å². The fraction of sp³-hybridized carbons (Fsp3) is 0.0714. The van der Waals surface area contributed by atoms with E-state index in [1.165, 1.54) is 0 Å².